The minimum Gasteiger partial charge on any atom is -0.0839 e. The molecule has 0 saturated carbocycles. The first-order valence-corrected chi connectivity index (χ1v) is 5.63. The van der Waals surface area contributed by atoms with Gasteiger partial charge in [-0.25, -0.2) is 0 Å². The van der Waals surface area contributed by atoms with Crippen molar-refractivity contribution < 1.29 is 0 Å². The molecule has 0 spiro atoms. The lowest BCUT2D eigenvalue weighted by Gasteiger charge is -2.34. The molecule has 14 heavy (non-hydrogen) atoms. The van der Waals surface area contributed by atoms with Crippen molar-refractivity contribution in [3.05, 3.63) is 23.3 Å². The van der Waals surface area contributed by atoms with Crippen LogP contribution in [-0.2, 0) is 0 Å². The predicted octanol–water partition coefficient (Wildman–Crippen LogP) is 4.73. The molecule has 0 aromatic carbocycles. The standard InChI is InChI=1S/C14H24/c1-13(2,3)11-9-7-8-10-12(11)14(4,5)6/h7,9H,8,10H2,1-6H3. The Morgan fingerprint density at radius 3 is 1.86 bits per heavy atom. The summed E-state index contributed by atoms with van der Waals surface area (Å²) >= 11 is 0. The lowest BCUT2D eigenvalue weighted by atomic mass is 9.71. The van der Waals surface area contributed by atoms with Gasteiger partial charge in [0.05, 0.1) is 0 Å². The van der Waals surface area contributed by atoms with E-state index in [1.165, 1.54) is 12.8 Å². The first kappa shape index (κ1) is 11.6. The van der Waals surface area contributed by atoms with E-state index in [0.29, 0.717) is 10.8 Å². The van der Waals surface area contributed by atoms with Crippen LogP contribution < -0.4 is 0 Å². The van der Waals surface area contributed by atoms with Crippen molar-refractivity contribution in [3.63, 3.8) is 0 Å². The first-order chi connectivity index (χ1) is 6.23. The van der Waals surface area contributed by atoms with Gasteiger partial charge in [0.1, 0.15) is 0 Å². The topological polar surface area (TPSA) is 0 Å². The number of rotatable bonds is 0. The van der Waals surface area contributed by atoms with E-state index >= 15 is 0 Å². The zero-order valence-electron chi connectivity index (χ0n) is 10.6. The zero-order chi connectivity index (χ0) is 11.0. The number of allylic oxidation sites excluding steroid dienone is 4. The normalized spacial score (nSPS) is 19.0. The van der Waals surface area contributed by atoms with Crippen LogP contribution in [0.1, 0.15) is 54.4 Å². The SMILES string of the molecule is CC(C)(C)C1=C(C(C)(C)C)CCC=C1. The summed E-state index contributed by atoms with van der Waals surface area (Å²) in [6, 6.07) is 0. The van der Waals surface area contributed by atoms with Gasteiger partial charge < -0.3 is 0 Å². The number of hydrogen-bond donors (Lipinski definition) is 0. The molecule has 0 heterocycles. The summed E-state index contributed by atoms with van der Waals surface area (Å²) in [6.45, 7) is 13.9. The van der Waals surface area contributed by atoms with E-state index in [-0.39, 0.29) is 0 Å². The molecule has 0 fully saturated rings. The van der Waals surface area contributed by atoms with E-state index in [2.05, 4.69) is 53.7 Å². The summed E-state index contributed by atoms with van der Waals surface area (Å²) < 4.78 is 0. The van der Waals surface area contributed by atoms with Crippen LogP contribution in [0.2, 0.25) is 0 Å². The summed E-state index contributed by atoms with van der Waals surface area (Å²) in [5.74, 6) is 0. The molecule has 0 aromatic heterocycles. The van der Waals surface area contributed by atoms with E-state index < -0.39 is 0 Å². The summed E-state index contributed by atoms with van der Waals surface area (Å²) in [5, 5.41) is 0. The molecule has 0 aliphatic heterocycles. The Morgan fingerprint density at radius 1 is 0.929 bits per heavy atom. The molecular weight excluding hydrogens is 168 g/mol. The van der Waals surface area contributed by atoms with Gasteiger partial charge in [-0.1, -0.05) is 59.3 Å². The van der Waals surface area contributed by atoms with Crippen molar-refractivity contribution in [3.8, 4) is 0 Å². The minimum atomic E-state index is 0.291. The van der Waals surface area contributed by atoms with E-state index in [0.717, 1.165) is 0 Å². The lowest BCUT2D eigenvalue weighted by molar-refractivity contribution is 0.434. The van der Waals surface area contributed by atoms with Gasteiger partial charge in [0.15, 0.2) is 0 Å². The molecule has 0 heteroatoms. The average molecular weight is 192 g/mol. The maximum absolute atomic E-state index is 2.34. The highest BCUT2D eigenvalue weighted by molar-refractivity contribution is 5.36. The lowest BCUT2D eigenvalue weighted by Crippen LogP contribution is -2.20. The van der Waals surface area contributed by atoms with E-state index in [4.69, 9.17) is 0 Å². The van der Waals surface area contributed by atoms with E-state index in [1.54, 1.807) is 11.1 Å². The molecular formula is C14H24. The second kappa shape index (κ2) is 3.56. The third-order valence-electron chi connectivity index (χ3n) is 2.88. The summed E-state index contributed by atoms with van der Waals surface area (Å²) in [7, 11) is 0. The Labute approximate surface area is 89.1 Å². The molecule has 80 valence electrons. The van der Waals surface area contributed by atoms with Crippen molar-refractivity contribution in [2.45, 2.75) is 54.4 Å². The monoisotopic (exact) mass is 192 g/mol. The summed E-state index contributed by atoms with van der Waals surface area (Å²) in [5.41, 5.74) is 3.82. The second-order valence-corrected chi connectivity index (χ2v) is 6.33. The predicted molar refractivity (Wildman–Crippen MR) is 64.3 cm³/mol. The molecule has 0 unspecified atom stereocenters. The van der Waals surface area contributed by atoms with Gasteiger partial charge in [0, 0.05) is 0 Å². The average Bonchev–Trinajstić information content (AvgIpc) is 2.01. The quantitative estimate of drug-likeness (QED) is 0.520. The zero-order valence-corrected chi connectivity index (χ0v) is 10.6. The smallest absolute Gasteiger partial charge is 0.0132 e. The Bertz CT molecular complexity index is 263. The van der Waals surface area contributed by atoms with Crippen molar-refractivity contribution >= 4 is 0 Å². The third-order valence-corrected chi connectivity index (χ3v) is 2.88. The minimum absolute atomic E-state index is 0.291. The second-order valence-electron chi connectivity index (χ2n) is 6.33. The fourth-order valence-electron chi connectivity index (χ4n) is 2.15. The molecule has 0 bridgehead atoms. The van der Waals surface area contributed by atoms with Gasteiger partial charge in [-0.15, -0.1) is 0 Å². The van der Waals surface area contributed by atoms with Crippen LogP contribution >= 0.6 is 0 Å². The summed E-state index contributed by atoms with van der Waals surface area (Å²) in [4.78, 5) is 0. The highest BCUT2D eigenvalue weighted by Gasteiger charge is 2.27. The first-order valence-electron chi connectivity index (χ1n) is 5.63. The Kier molecular flexibility index (Phi) is 2.94. The fraction of sp³-hybridized carbons (Fsp3) is 0.714. The Hall–Kier alpha value is -0.520. The van der Waals surface area contributed by atoms with Gasteiger partial charge >= 0.3 is 0 Å². The molecule has 0 saturated heterocycles. The molecule has 1 rings (SSSR count). The van der Waals surface area contributed by atoms with Crippen LogP contribution in [0.5, 0.6) is 0 Å². The van der Waals surface area contributed by atoms with Crippen LogP contribution in [0, 0.1) is 10.8 Å². The van der Waals surface area contributed by atoms with Crippen LogP contribution in [0.25, 0.3) is 0 Å². The van der Waals surface area contributed by atoms with Crippen molar-refractivity contribution in [2.24, 2.45) is 10.8 Å². The highest BCUT2D eigenvalue weighted by Crippen LogP contribution is 2.41. The molecule has 0 aromatic rings. The van der Waals surface area contributed by atoms with E-state index in [9.17, 15) is 0 Å². The fourth-order valence-corrected chi connectivity index (χ4v) is 2.15. The maximum Gasteiger partial charge on any atom is -0.0132 e. The highest BCUT2D eigenvalue weighted by atomic mass is 14.3. The molecule has 0 nitrogen and oxygen atoms in total. The van der Waals surface area contributed by atoms with Crippen molar-refractivity contribution in [2.75, 3.05) is 0 Å². The maximum atomic E-state index is 2.34. The molecule has 0 N–H and O–H groups in total. The summed E-state index contributed by atoms with van der Waals surface area (Å²) in [6.07, 6.45) is 7.11. The largest absolute Gasteiger partial charge is 0.0839 e. The molecule has 0 amide bonds. The van der Waals surface area contributed by atoms with Crippen molar-refractivity contribution in [1.29, 1.82) is 0 Å². The van der Waals surface area contributed by atoms with Crippen LogP contribution in [-0.4, -0.2) is 0 Å². The Balaban J connectivity index is 3.18. The van der Waals surface area contributed by atoms with Gasteiger partial charge in [-0.05, 0) is 29.2 Å². The van der Waals surface area contributed by atoms with Gasteiger partial charge in [-0.2, -0.15) is 0 Å². The molecule has 0 atom stereocenters. The van der Waals surface area contributed by atoms with Crippen molar-refractivity contribution in [1.82, 2.24) is 0 Å². The van der Waals surface area contributed by atoms with Crippen LogP contribution in [0.15, 0.2) is 23.3 Å². The van der Waals surface area contributed by atoms with Gasteiger partial charge in [-0.3, -0.25) is 0 Å². The third kappa shape index (κ3) is 2.50. The molecule has 1 aliphatic rings. The van der Waals surface area contributed by atoms with E-state index in [1.807, 2.05) is 0 Å². The van der Waals surface area contributed by atoms with Crippen LogP contribution in [0.3, 0.4) is 0 Å². The van der Waals surface area contributed by atoms with Gasteiger partial charge in [0.2, 0.25) is 0 Å². The molecule has 1 aliphatic carbocycles. The number of hydrogen-bond acceptors (Lipinski definition) is 0. The van der Waals surface area contributed by atoms with Crippen LogP contribution in [0.4, 0.5) is 0 Å². The Morgan fingerprint density at radius 2 is 1.50 bits per heavy atom. The molecule has 0 radical (unpaired) electrons. The van der Waals surface area contributed by atoms with Gasteiger partial charge in [0.25, 0.3) is 0 Å².